The first-order valence-corrected chi connectivity index (χ1v) is 10.4. The summed E-state index contributed by atoms with van der Waals surface area (Å²) in [7, 11) is 0. The van der Waals surface area contributed by atoms with Crippen molar-refractivity contribution in [2.24, 2.45) is 0 Å². The summed E-state index contributed by atoms with van der Waals surface area (Å²) >= 11 is 12.2. The number of ether oxygens (including phenoxy) is 1. The smallest absolute Gasteiger partial charge is 0.343 e. The Kier molecular flexibility index (Phi) is 4.93. The molecule has 1 aromatic heterocycles. The van der Waals surface area contributed by atoms with Crippen LogP contribution in [0.2, 0.25) is 10.0 Å². The Bertz CT molecular complexity index is 1410. The van der Waals surface area contributed by atoms with Crippen molar-refractivity contribution < 1.29 is 13.9 Å². The third-order valence-electron chi connectivity index (χ3n) is 5.13. The highest BCUT2D eigenvalue weighted by molar-refractivity contribution is 6.36. The summed E-state index contributed by atoms with van der Waals surface area (Å²) in [6.07, 6.45) is 3.39. The summed E-state index contributed by atoms with van der Waals surface area (Å²) in [5.74, 6) is 1.22. The number of esters is 1. The zero-order valence-electron chi connectivity index (χ0n) is 16.5. The number of rotatable bonds is 3. The number of fused-ring (bicyclic) bond motifs is 1. The first kappa shape index (κ1) is 19.7. The quantitative estimate of drug-likeness (QED) is 0.239. The molecule has 0 bridgehead atoms. The van der Waals surface area contributed by atoms with E-state index in [9.17, 15) is 4.79 Å². The number of carbonyl (C=O) groups is 1. The Hall–Kier alpha value is -3.27. The molecular formula is C26H16Cl2O3. The maximum absolute atomic E-state index is 12.4. The maximum atomic E-state index is 12.4. The van der Waals surface area contributed by atoms with Crippen LogP contribution in [0, 0.1) is 6.92 Å². The van der Waals surface area contributed by atoms with Crippen molar-refractivity contribution in [2.45, 2.75) is 6.92 Å². The largest absolute Gasteiger partial charge is 0.457 e. The number of aryl methyl sites for hydroxylation is 1. The van der Waals surface area contributed by atoms with E-state index in [0.717, 1.165) is 21.9 Å². The van der Waals surface area contributed by atoms with Crippen LogP contribution in [0.5, 0.6) is 0 Å². The Morgan fingerprint density at radius 3 is 2.52 bits per heavy atom. The molecule has 0 amide bonds. The van der Waals surface area contributed by atoms with Crippen molar-refractivity contribution in [3.8, 4) is 11.3 Å². The molecule has 0 fully saturated rings. The summed E-state index contributed by atoms with van der Waals surface area (Å²) in [5, 5.41) is 3.29. The molecular weight excluding hydrogens is 431 g/mol. The predicted octanol–water partition coefficient (Wildman–Crippen LogP) is 7.70. The number of halogens is 2. The molecule has 0 unspecified atom stereocenters. The van der Waals surface area contributed by atoms with E-state index in [1.165, 1.54) is 5.56 Å². The lowest BCUT2D eigenvalue weighted by molar-refractivity contribution is -0.130. The molecule has 152 valence electrons. The Balaban J connectivity index is 1.45. The van der Waals surface area contributed by atoms with Crippen LogP contribution in [0.4, 0.5) is 0 Å². The lowest BCUT2D eigenvalue weighted by Gasteiger charge is -2.05. The van der Waals surface area contributed by atoms with E-state index in [1.54, 1.807) is 42.5 Å². The molecule has 5 heteroatoms. The number of cyclic esters (lactones) is 1. The van der Waals surface area contributed by atoms with Crippen molar-refractivity contribution in [2.75, 3.05) is 0 Å². The fourth-order valence-electron chi connectivity index (χ4n) is 3.57. The van der Waals surface area contributed by atoms with Crippen LogP contribution in [0.15, 0.2) is 82.8 Å². The summed E-state index contributed by atoms with van der Waals surface area (Å²) in [6.45, 7) is 2.06. The van der Waals surface area contributed by atoms with Gasteiger partial charge in [-0.05, 0) is 66.2 Å². The second-order valence-electron chi connectivity index (χ2n) is 7.39. The van der Waals surface area contributed by atoms with Crippen LogP contribution in [-0.2, 0) is 9.53 Å². The van der Waals surface area contributed by atoms with Gasteiger partial charge in [-0.15, -0.1) is 0 Å². The zero-order valence-corrected chi connectivity index (χ0v) is 18.0. The van der Waals surface area contributed by atoms with Gasteiger partial charge in [-0.2, -0.15) is 0 Å². The maximum Gasteiger partial charge on any atom is 0.343 e. The second-order valence-corrected chi connectivity index (χ2v) is 8.23. The minimum atomic E-state index is -0.415. The predicted molar refractivity (Wildman–Crippen MR) is 125 cm³/mol. The molecule has 0 saturated carbocycles. The number of carbonyl (C=O) groups excluding carboxylic acids is 1. The van der Waals surface area contributed by atoms with Gasteiger partial charge in [0.2, 0.25) is 0 Å². The molecule has 0 atom stereocenters. The summed E-state index contributed by atoms with van der Waals surface area (Å²) in [6, 6.07) is 21.0. The van der Waals surface area contributed by atoms with Gasteiger partial charge in [0, 0.05) is 16.1 Å². The molecule has 31 heavy (non-hydrogen) atoms. The molecule has 1 aliphatic rings. The molecule has 0 N–H and O–H groups in total. The van der Waals surface area contributed by atoms with Crippen LogP contribution in [0.3, 0.4) is 0 Å². The highest BCUT2D eigenvalue weighted by Crippen LogP contribution is 2.33. The van der Waals surface area contributed by atoms with Gasteiger partial charge in [-0.25, -0.2) is 4.79 Å². The Morgan fingerprint density at radius 1 is 0.871 bits per heavy atom. The third-order valence-corrected chi connectivity index (χ3v) is 5.67. The first-order valence-electron chi connectivity index (χ1n) is 9.68. The van der Waals surface area contributed by atoms with E-state index in [-0.39, 0.29) is 0 Å². The highest BCUT2D eigenvalue weighted by atomic mass is 35.5. The van der Waals surface area contributed by atoms with Gasteiger partial charge < -0.3 is 9.15 Å². The molecule has 0 aliphatic carbocycles. The molecule has 0 spiro atoms. The molecule has 2 heterocycles. The lowest BCUT2D eigenvalue weighted by atomic mass is 10.0. The van der Waals surface area contributed by atoms with E-state index in [1.807, 2.05) is 18.2 Å². The van der Waals surface area contributed by atoms with E-state index in [0.29, 0.717) is 32.9 Å². The lowest BCUT2D eigenvalue weighted by Crippen LogP contribution is -1.97. The van der Waals surface area contributed by atoms with Crippen LogP contribution in [-0.4, -0.2) is 5.97 Å². The van der Waals surface area contributed by atoms with Gasteiger partial charge in [0.1, 0.15) is 17.3 Å². The van der Waals surface area contributed by atoms with Crippen molar-refractivity contribution in [3.63, 3.8) is 0 Å². The molecule has 1 aliphatic heterocycles. The highest BCUT2D eigenvalue weighted by Gasteiger charge is 2.23. The molecule has 4 aromatic rings. The van der Waals surface area contributed by atoms with Gasteiger partial charge >= 0.3 is 5.97 Å². The number of hydrogen-bond donors (Lipinski definition) is 0. The fourth-order valence-corrected chi connectivity index (χ4v) is 4.07. The van der Waals surface area contributed by atoms with Crippen LogP contribution in [0.1, 0.15) is 16.9 Å². The minimum Gasteiger partial charge on any atom is -0.457 e. The molecule has 0 saturated heterocycles. The van der Waals surface area contributed by atoms with Crippen molar-refractivity contribution in [3.05, 3.63) is 105 Å². The van der Waals surface area contributed by atoms with Crippen LogP contribution >= 0.6 is 23.2 Å². The monoisotopic (exact) mass is 446 g/mol. The Labute approximate surface area is 189 Å². The van der Waals surface area contributed by atoms with Crippen molar-refractivity contribution >= 4 is 51.8 Å². The van der Waals surface area contributed by atoms with Gasteiger partial charge in [0.05, 0.1) is 10.6 Å². The number of hydrogen-bond acceptors (Lipinski definition) is 3. The van der Waals surface area contributed by atoms with Gasteiger partial charge in [-0.3, -0.25) is 0 Å². The second kappa shape index (κ2) is 7.77. The minimum absolute atomic E-state index is 0.415. The standard InChI is InChI=1S/C26H16Cl2O3/c1-15-2-3-17-11-18(5-4-16(17)10-15)25-13-19(26(29)31-25)12-21-7-9-24(30-21)22-8-6-20(27)14-23(22)28/h2-14H,1H3/b19-12-. The van der Waals surface area contributed by atoms with E-state index in [4.69, 9.17) is 32.4 Å². The van der Waals surface area contributed by atoms with Gasteiger partial charge in [-0.1, -0.05) is 59.1 Å². The van der Waals surface area contributed by atoms with Crippen LogP contribution < -0.4 is 0 Å². The SMILES string of the molecule is Cc1ccc2cc(C3=C/C(=C/c4ccc(-c5ccc(Cl)cc5Cl)o4)C(=O)O3)ccc2c1. The number of furan rings is 1. The zero-order chi connectivity index (χ0) is 21.5. The van der Waals surface area contributed by atoms with Crippen molar-refractivity contribution in [1.29, 1.82) is 0 Å². The fraction of sp³-hybridized carbons (Fsp3) is 0.0385. The number of benzene rings is 3. The Morgan fingerprint density at radius 2 is 1.68 bits per heavy atom. The molecule has 3 aromatic carbocycles. The van der Waals surface area contributed by atoms with E-state index in [2.05, 4.69) is 25.1 Å². The first-order chi connectivity index (χ1) is 15.0. The van der Waals surface area contributed by atoms with Gasteiger partial charge in [0.25, 0.3) is 0 Å². The normalized spacial score (nSPS) is 14.9. The van der Waals surface area contributed by atoms with Crippen LogP contribution in [0.25, 0.3) is 33.9 Å². The summed E-state index contributed by atoms with van der Waals surface area (Å²) in [4.78, 5) is 12.4. The molecule has 5 rings (SSSR count). The molecule has 0 radical (unpaired) electrons. The summed E-state index contributed by atoms with van der Waals surface area (Å²) in [5.41, 5.74) is 3.20. The van der Waals surface area contributed by atoms with E-state index < -0.39 is 5.97 Å². The van der Waals surface area contributed by atoms with Gasteiger partial charge in [0.15, 0.2) is 0 Å². The average molecular weight is 447 g/mol. The summed E-state index contributed by atoms with van der Waals surface area (Å²) < 4.78 is 11.4. The topological polar surface area (TPSA) is 39.4 Å². The van der Waals surface area contributed by atoms with E-state index >= 15 is 0 Å². The molecule has 3 nitrogen and oxygen atoms in total. The third kappa shape index (κ3) is 3.90. The average Bonchev–Trinajstić information content (AvgIpc) is 3.35. The van der Waals surface area contributed by atoms with Crippen molar-refractivity contribution in [1.82, 2.24) is 0 Å².